The average molecular weight is 243 g/mol. The monoisotopic (exact) mass is 243 g/mol. The molecular formula is C14H13NO3. The lowest BCUT2D eigenvalue weighted by atomic mass is 9.90. The fraction of sp³-hybridized carbons (Fsp3) is 0.286. The fourth-order valence-corrected chi connectivity index (χ4v) is 2.16. The molecule has 1 aromatic carbocycles. The van der Waals surface area contributed by atoms with Crippen molar-refractivity contribution >= 4 is 11.9 Å². The molecule has 1 heterocycles. The van der Waals surface area contributed by atoms with Crippen LogP contribution in [0.1, 0.15) is 24.0 Å². The van der Waals surface area contributed by atoms with Gasteiger partial charge in [-0.2, -0.15) is 0 Å². The molecule has 4 nitrogen and oxygen atoms in total. The molecule has 0 saturated carbocycles. The number of amides is 1. The molecule has 4 heteroatoms. The van der Waals surface area contributed by atoms with E-state index in [0.717, 1.165) is 11.1 Å². The first-order valence-corrected chi connectivity index (χ1v) is 5.65. The lowest BCUT2D eigenvalue weighted by Crippen LogP contribution is -2.40. The smallest absolute Gasteiger partial charge is 0.312 e. The summed E-state index contributed by atoms with van der Waals surface area (Å²) in [4.78, 5) is 24.5. The molecule has 0 radical (unpaired) electrons. The minimum absolute atomic E-state index is 0.180. The minimum Gasteiger partial charge on any atom is -0.481 e. The van der Waals surface area contributed by atoms with Crippen LogP contribution in [-0.4, -0.2) is 28.4 Å². The first-order chi connectivity index (χ1) is 8.63. The summed E-state index contributed by atoms with van der Waals surface area (Å²) in [6.45, 7) is 2.19. The average Bonchev–Trinajstić information content (AvgIpc) is 2.37. The quantitative estimate of drug-likeness (QED) is 0.754. The summed E-state index contributed by atoms with van der Waals surface area (Å²) >= 11 is 0. The van der Waals surface area contributed by atoms with E-state index < -0.39 is 11.9 Å². The number of hydrogen-bond donors (Lipinski definition) is 1. The third kappa shape index (κ3) is 2.21. The molecule has 0 aromatic heterocycles. The van der Waals surface area contributed by atoms with Crippen molar-refractivity contribution < 1.29 is 14.7 Å². The predicted octanol–water partition coefficient (Wildman–Crippen LogP) is 1.22. The molecular weight excluding hydrogens is 230 g/mol. The van der Waals surface area contributed by atoms with Gasteiger partial charge in [0.15, 0.2) is 0 Å². The summed E-state index contributed by atoms with van der Waals surface area (Å²) in [5.74, 6) is 3.09. The van der Waals surface area contributed by atoms with E-state index in [4.69, 9.17) is 0 Å². The second-order valence-electron chi connectivity index (χ2n) is 4.15. The lowest BCUT2D eigenvalue weighted by molar-refractivity contribution is -0.140. The highest BCUT2D eigenvalue weighted by Crippen LogP contribution is 2.28. The molecule has 0 saturated heterocycles. The highest BCUT2D eigenvalue weighted by molar-refractivity contribution is 5.94. The molecule has 0 aliphatic carbocycles. The normalized spacial score (nSPS) is 17.4. The van der Waals surface area contributed by atoms with Gasteiger partial charge >= 0.3 is 5.97 Å². The largest absolute Gasteiger partial charge is 0.481 e. The number of rotatable bonds is 1. The van der Waals surface area contributed by atoms with E-state index in [9.17, 15) is 14.7 Å². The van der Waals surface area contributed by atoms with Crippen molar-refractivity contribution in [3.63, 3.8) is 0 Å². The van der Waals surface area contributed by atoms with Gasteiger partial charge in [0, 0.05) is 13.1 Å². The first kappa shape index (κ1) is 12.2. The number of nitrogens with zero attached hydrogens (tertiary/aromatic N) is 1. The number of hydrogen-bond acceptors (Lipinski definition) is 2. The summed E-state index contributed by atoms with van der Waals surface area (Å²) in [5.41, 5.74) is 1.67. The van der Waals surface area contributed by atoms with Crippen LogP contribution in [0.25, 0.3) is 0 Å². The molecule has 1 aliphatic rings. The van der Waals surface area contributed by atoms with Crippen molar-refractivity contribution in [1.29, 1.82) is 0 Å². The van der Waals surface area contributed by atoms with Crippen LogP contribution in [0.5, 0.6) is 0 Å². The third-order valence-corrected chi connectivity index (χ3v) is 3.01. The van der Waals surface area contributed by atoms with E-state index in [2.05, 4.69) is 11.8 Å². The number of carboxylic acids is 1. The molecule has 1 aliphatic heterocycles. The Morgan fingerprint density at radius 1 is 1.39 bits per heavy atom. The van der Waals surface area contributed by atoms with Gasteiger partial charge in [-0.25, -0.2) is 0 Å². The van der Waals surface area contributed by atoms with Gasteiger partial charge in [0.25, 0.3) is 5.91 Å². The second-order valence-corrected chi connectivity index (χ2v) is 4.15. The number of carbonyl (C=O) groups excluding carboxylic acids is 1. The van der Waals surface area contributed by atoms with Gasteiger partial charge in [-0.1, -0.05) is 30.2 Å². The van der Waals surface area contributed by atoms with Gasteiger partial charge in [0.2, 0.25) is 0 Å². The van der Waals surface area contributed by atoms with Gasteiger partial charge in [-0.05, 0) is 24.0 Å². The summed E-state index contributed by atoms with van der Waals surface area (Å²) < 4.78 is 0. The maximum absolute atomic E-state index is 11.7. The van der Waals surface area contributed by atoms with E-state index in [0.29, 0.717) is 6.54 Å². The van der Waals surface area contributed by atoms with Gasteiger partial charge < -0.3 is 10.0 Å². The molecule has 1 aromatic rings. The Hall–Kier alpha value is -2.28. The molecule has 2 rings (SSSR count). The molecule has 1 N–H and O–H groups in total. The summed E-state index contributed by atoms with van der Waals surface area (Å²) in [7, 11) is 0. The maximum Gasteiger partial charge on any atom is 0.312 e. The number of carbonyl (C=O) groups is 2. The van der Waals surface area contributed by atoms with Crippen molar-refractivity contribution in [3.8, 4) is 11.8 Å². The Morgan fingerprint density at radius 3 is 2.78 bits per heavy atom. The van der Waals surface area contributed by atoms with Crippen molar-refractivity contribution in [2.45, 2.75) is 19.4 Å². The molecule has 92 valence electrons. The zero-order valence-electron chi connectivity index (χ0n) is 10.0. The van der Waals surface area contributed by atoms with Gasteiger partial charge in [0.05, 0.1) is 5.92 Å². The van der Waals surface area contributed by atoms with Crippen LogP contribution in [0.3, 0.4) is 0 Å². The number of benzene rings is 1. The molecule has 1 atom stereocenters. The molecule has 1 amide bonds. The van der Waals surface area contributed by atoms with Crippen LogP contribution in [-0.2, 0) is 16.1 Å². The van der Waals surface area contributed by atoms with Crippen LogP contribution >= 0.6 is 0 Å². The Balaban J connectivity index is 2.36. The predicted molar refractivity (Wildman–Crippen MR) is 65.7 cm³/mol. The zero-order chi connectivity index (χ0) is 13.1. The van der Waals surface area contributed by atoms with E-state index in [1.807, 2.05) is 18.2 Å². The molecule has 1 unspecified atom stereocenters. The van der Waals surface area contributed by atoms with Gasteiger partial charge in [-0.3, -0.25) is 9.59 Å². The zero-order valence-corrected chi connectivity index (χ0v) is 10.0. The van der Waals surface area contributed by atoms with Crippen LogP contribution in [0.15, 0.2) is 24.3 Å². The van der Waals surface area contributed by atoms with E-state index in [1.165, 1.54) is 4.90 Å². The summed E-state index contributed by atoms with van der Waals surface area (Å²) in [5, 5.41) is 9.24. The molecule has 0 spiro atoms. The van der Waals surface area contributed by atoms with Gasteiger partial charge in [0.1, 0.15) is 0 Å². The third-order valence-electron chi connectivity index (χ3n) is 3.01. The molecule has 0 bridgehead atoms. The van der Waals surface area contributed by atoms with E-state index >= 15 is 0 Å². The van der Waals surface area contributed by atoms with Crippen LogP contribution in [0.2, 0.25) is 0 Å². The Kier molecular flexibility index (Phi) is 3.33. The first-order valence-electron chi connectivity index (χ1n) is 5.65. The van der Waals surface area contributed by atoms with Crippen LogP contribution in [0, 0.1) is 11.8 Å². The standard InChI is InChI=1S/C14H13NO3/c1-2-5-13(16)15-8-10-6-3-4-7-11(10)12(9-15)14(17)18/h3-4,6-7,12H,8-9H2,1H3,(H,17,18). The fourth-order valence-electron chi connectivity index (χ4n) is 2.16. The van der Waals surface area contributed by atoms with Crippen LogP contribution in [0.4, 0.5) is 0 Å². The van der Waals surface area contributed by atoms with E-state index in [1.54, 1.807) is 13.0 Å². The maximum atomic E-state index is 11.7. The highest BCUT2D eigenvalue weighted by Gasteiger charge is 2.31. The minimum atomic E-state index is -0.913. The van der Waals surface area contributed by atoms with Crippen LogP contribution < -0.4 is 0 Å². The highest BCUT2D eigenvalue weighted by atomic mass is 16.4. The number of carboxylic acid groups (broad SMARTS) is 1. The van der Waals surface area contributed by atoms with Crippen molar-refractivity contribution in [1.82, 2.24) is 4.90 Å². The van der Waals surface area contributed by atoms with Crippen molar-refractivity contribution in [2.24, 2.45) is 0 Å². The second kappa shape index (κ2) is 4.92. The van der Waals surface area contributed by atoms with Crippen molar-refractivity contribution in [2.75, 3.05) is 6.54 Å². The Morgan fingerprint density at radius 2 is 2.11 bits per heavy atom. The van der Waals surface area contributed by atoms with Gasteiger partial charge in [-0.15, -0.1) is 0 Å². The Labute approximate surface area is 105 Å². The topological polar surface area (TPSA) is 57.6 Å². The van der Waals surface area contributed by atoms with Crippen molar-refractivity contribution in [3.05, 3.63) is 35.4 Å². The number of aliphatic carboxylic acids is 1. The lowest BCUT2D eigenvalue weighted by Gasteiger charge is -2.31. The SMILES string of the molecule is CC#CC(=O)N1Cc2ccccc2C(C(=O)O)C1. The molecule has 0 fully saturated rings. The number of fused-ring (bicyclic) bond motifs is 1. The Bertz CT molecular complexity index is 554. The van der Waals surface area contributed by atoms with E-state index in [-0.39, 0.29) is 12.5 Å². The summed E-state index contributed by atoms with van der Waals surface area (Å²) in [6.07, 6.45) is 0. The summed E-state index contributed by atoms with van der Waals surface area (Å²) in [6, 6.07) is 7.32. The molecule has 18 heavy (non-hydrogen) atoms.